The maximum absolute atomic E-state index is 11.6. The van der Waals surface area contributed by atoms with E-state index in [1.165, 1.54) is 11.1 Å². The molecule has 2 nitrogen and oxygen atoms in total. The normalized spacial score (nSPS) is 11.2. The summed E-state index contributed by atoms with van der Waals surface area (Å²) in [6.07, 6.45) is 2.58. The number of aryl methyl sites for hydroxylation is 1. The first-order chi connectivity index (χ1) is 9.45. The SMILES string of the molecule is CCOc1ccc(CCCC(=O)C(C)C)cc1C(C)C. The van der Waals surface area contributed by atoms with Gasteiger partial charge < -0.3 is 4.74 Å². The Labute approximate surface area is 123 Å². The van der Waals surface area contributed by atoms with Gasteiger partial charge in [-0.2, -0.15) is 0 Å². The van der Waals surface area contributed by atoms with Crippen molar-refractivity contribution >= 4 is 5.78 Å². The van der Waals surface area contributed by atoms with Crippen LogP contribution in [-0.2, 0) is 11.2 Å². The largest absolute Gasteiger partial charge is 0.494 e. The fourth-order valence-electron chi connectivity index (χ4n) is 2.25. The van der Waals surface area contributed by atoms with Gasteiger partial charge in [0.2, 0.25) is 0 Å². The van der Waals surface area contributed by atoms with Crippen LogP contribution in [0.3, 0.4) is 0 Å². The number of hydrogen-bond donors (Lipinski definition) is 0. The molecule has 0 bridgehead atoms. The first kappa shape index (κ1) is 16.7. The lowest BCUT2D eigenvalue weighted by molar-refractivity contribution is -0.121. The minimum Gasteiger partial charge on any atom is -0.494 e. The molecule has 2 heteroatoms. The van der Waals surface area contributed by atoms with E-state index in [9.17, 15) is 4.79 Å². The van der Waals surface area contributed by atoms with Crippen molar-refractivity contribution in [3.63, 3.8) is 0 Å². The Kier molecular flexibility index (Phi) is 6.77. The van der Waals surface area contributed by atoms with Gasteiger partial charge in [-0.1, -0.05) is 39.8 Å². The molecule has 112 valence electrons. The van der Waals surface area contributed by atoms with E-state index in [1.54, 1.807) is 0 Å². The molecular formula is C18H28O2. The van der Waals surface area contributed by atoms with Crippen LogP contribution in [0.4, 0.5) is 0 Å². The highest BCUT2D eigenvalue weighted by Gasteiger charge is 2.10. The molecule has 0 atom stereocenters. The Morgan fingerprint density at radius 3 is 2.45 bits per heavy atom. The quantitative estimate of drug-likeness (QED) is 0.684. The van der Waals surface area contributed by atoms with Crippen LogP contribution in [0.5, 0.6) is 5.75 Å². The molecule has 0 saturated carbocycles. The Balaban J connectivity index is 2.67. The lowest BCUT2D eigenvalue weighted by Gasteiger charge is -2.15. The number of rotatable bonds is 8. The van der Waals surface area contributed by atoms with E-state index in [1.807, 2.05) is 20.8 Å². The van der Waals surface area contributed by atoms with Gasteiger partial charge in [0.1, 0.15) is 11.5 Å². The lowest BCUT2D eigenvalue weighted by atomic mass is 9.96. The molecule has 0 aliphatic rings. The highest BCUT2D eigenvalue weighted by atomic mass is 16.5. The zero-order valence-electron chi connectivity index (χ0n) is 13.5. The predicted octanol–water partition coefficient (Wildman–Crippen LogP) is 4.76. The van der Waals surface area contributed by atoms with E-state index in [4.69, 9.17) is 4.74 Å². The Hall–Kier alpha value is -1.31. The summed E-state index contributed by atoms with van der Waals surface area (Å²) in [5, 5.41) is 0. The van der Waals surface area contributed by atoms with Crippen LogP contribution in [0.25, 0.3) is 0 Å². The lowest BCUT2D eigenvalue weighted by Crippen LogP contribution is -2.07. The number of ether oxygens (including phenoxy) is 1. The third-order valence-corrected chi connectivity index (χ3v) is 3.53. The molecule has 1 rings (SSSR count). The zero-order chi connectivity index (χ0) is 15.1. The molecule has 0 fully saturated rings. The summed E-state index contributed by atoms with van der Waals surface area (Å²) in [5.74, 6) is 1.96. The number of benzene rings is 1. The second-order valence-corrected chi connectivity index (χ2v) is 5.93. The first-order valence-corrected chi connectivity index (χ1v) is 7.74. The van der Waals surface area contributed by atoms with Crippen LogP contribution >= 0.6 is 0 Å². The van der Waals surface area contributed by atoms with Gasteiger partial charge in [-0.15, -0.1) is 0 Å². The molecule has 1 aromatic carbocycles. The number of hydrogen-bond acceptors (Lipinski definition) is 2. The molecule has 20 heavy (non-hydrogen) atoms. The molecule has 1 aromatic rings. The summed E-state index contributed by atoms with van der Waals surface area (Å²) in [4.78, 5) is 11.6. The predicted molar refractivity (Wildman–Crippen MR) is 84.5 cm³/mol. The third kappa shape index (κ3) is 4.99. The maximum atomic E-state index is 11.6. The summed E-state index contributed by atoms with van der Waals surface area (Å²) < 4.78 is 5.67. The molecule has 0 N–H and O–H groups in total. The minimum absolute atomic E-state index is 0.154. The molecule has 0 heterocycles. The average Bonchev–Trinajstić information content (AvgIpc) is 2.40. The summed E-state index contributed by atoms with van der Waals surface area (Å²) in [6, 6.07) is 6.42. The highest BCUT2D eigenvalue weighted by Crippen LogP contribution is 2.28. The van der Waals surface area contributed by atoms with Crippen molar-refractivity contribution in [3.05, 3.63) is 29.3 Å². The number of ketones is 1. The van der Waals surface area contributed by atoms with E-state index in [0.717, 1.165) is 18.6 Å². The van der Waals surface area contributed by atoms with Crippen molar-refractivity contribution in [2.24, 2.45) is 5.92 Å². The Bertz CT molecular complexity index is 433. The van der Waals surface area contributed by atoms with Gasteiger partial charge in [0, 0.05) is 12.3 Å². The van der Waals surface area contributed by atoms with Gasteiger partial charge in [0.05, 0.1) is 6.61 Å². The van der Waals surface area contributed by atoms with Crippen LogP contribution in [0.15, 0.2) is 18.2 Å². The molecule has 0 aliphatic carbocycles. The van der Waals surface area contributed by atoms with Crippen molar-refractivity contribution in [2.45, 2.75) is 59.8 Å². The number of Topliss-reactive ketones (excluding diaryl/α,β-unsaturated/α-hetero) is 1. The number of carbonyl (C=O) groups excluding carboxylic acids is 1. The van der Waals surface area contributed by atoms with Gasteiger partial charge in [0.15, 0.2) is 0 Å². The van der Waals surface area contributed by atoms with E-state index < -0.39 is 0 Å². The van der Waals surface area contributed by atoms with Crippen molar-refractivity contribution in [2.75, 3.05) is 6.61 Å². The average molecular weight is 276 g/mol. The van der Waals surface area contributed by atoms with Crippen LogP contribution in [0.1, 0.15) is 64.5 Å². The molecule has 0 radical (unpaired) electrons. The van der Waals surface area contributed by atoms with Crippen LogP contribution in [0, 0.1) is 5.92 Å². The topological polar surface area (TPSA) is 26.3 Å². The van der Waals surface area contributed by atoms with Gasteiger partial charge in [-0.25, -0.2) is 0 Å². The first-order valence-electron chi connectivity index (χ1n) is 7.74. The summed E-state index contributed by atoms with van der Waals surface area (Å²) in [7, 11) is 0. The van der Waals surface area contributed by atoms with E-state index >= 15 is 0 Å². The van der Waals surface area contributed by atoms with Crippen LogP contribution < -0.4 is 4.74 Å². The number of carbonyl (C=O) groups is 1. The summed E-state index contributed by atoms with van der Waals surface area (Å²) in [5.41, 5.74) is 2.56. The summed E-state index contributed by atoms with van der Waals surface area (Å²) >= 11 is 0. The van der Waals surface area contributed by atoms with Crippen molar-refractivity contribution in [3.8, 4) is 5.75 Å². The van der Waals surface area contributed by atoms with Gasteiger partial charge in [0.25, 0.3) is 0 Å². The van der Waals surface area contributed by atoms with Crippen molar-refractivity contribution in [1.29, 1.82) is 0 Å². The molecule has 0 unspecified atom stereocenters. The van der Waals surface area contributed by atoms with Crippen molar-refractivity contribution in [1.82, 2.24) is 0 Å². The molecular weight excluding hydrogens is 248 g/mol. The second kappa shape index (κ2) is 8.08. The monoisotopic (exact) mass is 276 g/mol. The fraction of sp³-hybridized carbons (Fsp3) is 0.611. The summed E-state index contributed by atoms with van der Waals surface area (Å²) in [6.45, 7) is 11.0. The van der Waals surface area contributed by atoms with E-state index in [0.29, 0.717) is 24.7 Å². The molecule has 0 amide bonds. The molecule has 0 aromatic heterocycles. The van der Waals surface area contributed by atoms with Crippen LogP contribution in [-0.4, -0.2) is 12.4 Å². The van der Waals surface area contributed by atoms with Gasteiger partial charge in [-0.3, -0.25) is 4.79 Å². The fourth-order valence-corrected chi connectivity index (χ4v) is 2.25. The standard InChI is InChI=1S/C18H28O2/c1-6-20-18-11-10-15(12-16(18)13(2)3)8-7-9-17(19)14(4)5/h10-14H,6-9H2,1-5H3. The van der Waals surface area contributed by atoms with Crippen molar-refractivity contribution < 1.29 is 9.53 Å². The Morgan fingerprint density at radius 2 is 1.90 bits per heavy atom. The molecule has 0 aliphatic heterocycles. The third-order valence-electron chi connectivity index (χ3n) is 3.53. The van der Waals surface area contributed by atoms with E-state index in [2.05, 4.69) is 32.0 Å². The van der Waals surface area contributed by atoms with E-state index in [-0.39, 0.29) is 5.92 Å². The minimum atomic E-state index is 0.154. The molecule has 0 saturated heterocycles. The second-order valence-electron chi connectivity index (χ2n) is 5.93. The van der Waals surface area contributed by atoms with Gasteiger partial charge >= 0.3 is 0 Å². The van der Waals surface area contributed by atoms with Crippen LogP contribution in [0.2, 0.25) is 0 Å². The molecule has 0 spiro atoms. The van der Waals surface area contributed by atoms with Gasteiger partial charge in [-0.05, 0) is 42.9 Å². The smallest absolute Gasteiger partial charge is 0.135 e. The zero-order valence-corrected chi connectivity index (χ0v) is 13.5. The highest BCUT2D eigenvalue weighted by molar-refractivity contribution is 5.80. The maximum Gasteiger partial charge on any atom is 0.135 e. The Morgan fingerprint density at radius 1 is 1.20 bits per heavy atom.